The van der Waals surface area contributed by atoms with Crippen LogP contribution in [0.3, 0.4) is 0 Å². The minimum atomic E-state index is -0.192. The fourth-order valence-corrected chi connectivity index (χ4v) is 3.62. The van der Waals surface area contributed by atoms with Crippen molar-refractivity contribution in [2.75, 3.05) is 30.5 Å². The van der Waals surface area contributed by atoms with Gasteiger partial charge in [0.05, 0.1) is 5.56 Å². The molecule has 0 bridgehead atoms. The van der Waals surface area contributed by atoms with Crippen LogP contribution < -0.4 is 25.8 Å². The fraction of sp³-hybridized carbons (Fsp3) is 0.368. The molecule has 150 valence electrons. The molecule has 1 fully saturated rings. The summed E-state index contributed by atoms with van der Waals surface area (Å²) in [6.07, 6.45) is 2.93. The van der Waals surface area contributed by atoms with Crippen LogP contribution in [0.4, 0.5) is 11.6 Å². The third kappa shape index (κ3) is 3.11. The van der Waals surface area contributed by atoms with E-state index in [1.807, 2.05) is 18.2 Å². The summed E-state index contributed by atoms with van der Waals surface area (Å²) >= 11 is 0. The molecule has 1 aromatic carbocycles. The molecule has 0 saturated carbocycles. The normalized spacial score (nSPS) is 17.5. The Labute approximate surface area is 166 Å². The molecule has 4 N–H and O–H groups in total. The average molecular weight is 395 g/mol. The molecule has 2 aliphatic rings. The summed E-state index contributed by atoms with van der Waals surface area (Å²) in [7, 11) is 0. The first kappa shape index (κ1) is 17.7. The molecule has 0 unspecified atom stereocenters. The van der Waals surface area contributed by atoms with Crippen LogP contribution in [0.2, 0.25) is 0 Å². The maximum atomic E-state index is 6.34. The smallest absolute Gasteiger partial charge is 0.269 e. The molecule has 0 radical (unpaired) electrons. The van der Waals surface area contributed by atoms with E-state index in [-0.39, 0.29) is 24.0 Å². The Morgan fingerprint density at radius 2 is 1.93 bits per heavy atom. The van der Waals surface area contributed by atoms with Crippen molar-refractivity contribution in [2.24, 2.45) is 5.73 Å². The van der Waals surface area contributed by atoms with Crippen LogP contribution in [0.1, 0.15) is 19.8 Å². The van der Waals surface area contributed by atoms with Gasteiger partial charge < -0.3 is 30.3 Å². The monoisotopic (exact) mass is 395 g/mol. The Hall–Kier alpha value is -3.40. The molecule has 10 nitrogen and oxygen atoms in total. The molecule has 4 heterocycles. The van der Waals surface area contributed by atoms with Crippen LogP contribution >= 0.6 is 0 Å². The van der Waals surface area contributed by atoms with E-state index in [1.165, 1.54) is 6.39 Å². The maximum Gasteiger partial charge on any atom is 0.269 e. The van der Waals surface area contributed by atoms with Crippen molar-refractivity contribution in [3.05, 3.63) is 24.6 Å². The van der Waals surface area contributed by atoms with Gasteiger partial charge in [-0.05, 0) is 31.9 Å². The van der Waals surface area contributed by atoms with Crippen molar-refractivity contribution >= 4 is 11.6 Å². The van der Waals surface area contributed by atoms with Gasteiger partial charge in [0.2, 0.25) is 13.2 Å². The first-order valence-corrected chi connectivity index (χ1v) is 9.39. The Morgan fingerprint density at radius 3 is 2.69 bits per heavy atom. The zero-order valence-electron chi connectivity index (χ0n) is 16.0. The van der Waals surface area contributed by atoms with Crippen LogP contribution in [0.15, 0.2) is 29.0 Å². The highest BCUT2D eigenvalue weighted by atomic mass is 16.7. The lowest BCUT2D eigenvalue weighted by molar-refractivity contribution is 0.174. The zero-order chi connectivity index (χ0) is 20.0. The lowest BCUT2D eigenvalue weighted by Gasteiger charge is -2.37. The van der Waals surface area contributed by atoms with Gasteiger partial charge in [-0.15, -0.1) is 10.2 Å². The first-order valence-electron chi connectivity index (χ1n) is 9.39. The van der Waals surface area contributed by atoms with Gasteiger partial charge in [0.15, 0.2) is 28.8 Å². The third-order valence-corrected chi connectivity index (χ3v) is 5.32. The number of rotatable bonds is 3. The Morgan fingerprint density at radius 1 is 1.10 bits per heavy atom. The summed E-state index contributed by atoms with van der Waals surface area (Å²) in [6, 6.07) is 5.56. The van der Waals surface area contributed by atoms with Gasteiger partial charge in [-0.25, -0.2) is 9.97 Å². The van der Waals surface area contributed by atoms with Crippen molar-refractivity contribution in [1.29, 1.82) is 0 Å². The molecular weight excluding hydrogens is 374 g/mol. The Balaban J connectivity index is 1.63. The number of nitrogen functional groups attached to an aromatic ring is 1. The van der Waals surface area contributed by atoms with Gasteiger partial charge in [-0.3, -0.25) is 0 Å². The van der Waals surface area contributed by atoms with Crippen molar-refractivity contribution < 1.29 is 13.9 Å². The van der Waals surface area contributed by atoms with E-state index in [4.69, 9.17) is 30.3 Å². The second-order valence-corrected chi connectivity index (χ2v) is 7.55. The van der Waals surface area contributed by atoms with E-state index in [1.54, 1.807) is 0 Å². The number of aromatic nitrogens is 4. The number of ether oxygens (including phenoxy) is 2. The quantitative estimate of drug-likeness (QED) is 0.675. The number of piperidine rings is 1. The number of hydrogen-bond donors (Lipinski definition) is 2. The third-order valence-electron chi connectivity index (χ3n) is 5.32. The van der Waals surface area contributed by atoms with Crippen LogP contribution in [0, 0.1) is 0 Å². The van der Waals surface area contributed by atoms with E-state index in [0.29, 0.717) is 34.3 Å². The van der Waals surface area contributed by atoms with Gasteiger partial charge in [0, 0.05) is 18.6 Å². The lowest BCUT2D eigenvalue weighted by Crippen LogP contribution is -2.48. The second-order valence-electron chi connectivity index (χ2n) is 7.55. The highest BCUT2D eigenvalue weighted by molar-refractivity contribution is 5.82. The van der Waals surface area contributed by atoms with Crippen molar-refractivity contribution in [3.63, 3.8) is 0 Å². The number of nitrogens with zero attached hydrogens (tertiary/aromatic N) is 5. The van der Waals surface area contributed by atoms with Crippen LogP contribution in [0.25, 0.3) is 22.8 Å². The van der Waals surface area contributed by atoms with Crippen LogP contribution in [-0.2, 0) is 0 Å². The summed E-state index contributed by atoms with van der Waals surface area (Å²) in [5.74, 6) is 2.41. The summed E-state index contributed by atoms with van der Waals surface area (Å²) in [5.41, 5.74) is 14.1. The molecule has 2 aromatic heterocycles. The molecule has 0 atom stereocenters. The average Bonchev–Trinajstić information content (AvgIpc) is 3.39. The number of nitrogens with two attached hydrogens (primary N) is 2. The van der Waals surface area contributed by atoms with Crippen LogP contribution in [0.5, 0.6) is 11.5 Å². The molecule has 0 aliphatic carbocycles. The number of benzene rings is 1. The van der Waals surface area contributed by atoms with E-state index in [9.17, 15) is 0 Å². The first-order chi connectivity index (χ1) is 14.0. The van der Waals surface area contributed by atoms with Gasteiger partial charge >= 0.3 is 0 Å². The van der Waals surface area contributed by atoms with Crippen molar-refractivity contribution in [1.82, 2.24) is 20.2 Å². The Kier molecular flexibility index (Phi) is 4.02. The highest BCUT2D eigenvalue weighted by Gasteiger charge is 2.31. The second kappa shape index (κ2) is 6.59. The molecule has 1 saturated heterocycles. The predicted octanol–water partition coefficient (Wildman–Crippen LogP) is 1.82. The van der Waals surface area contributed by atoms with E-state index >= 15 is 0 Å². The minimum absolute atomic E-state index is 0.153. The summed E-state index contributed by atoms with van der Waals surface area (Å²) in [6.45, 7) is 3.68. The molecular formula is C19H21N7O3. The van der Waals surface area contributed by atoms with Gasteiger partial charge in [-0.2, -0.15) is 0 Å². The van der Waals surface area contributed by atoms with Gasteiger partial charge in [-0.1, -0.05) is 6.07 Å². The largest absolute Gasteiger partial charge is 0.454 e. The van der Waals surface area contributed by atoms with Gasteiger partial charge in [0.25, 0.3) is 5.89 Å². The maximum absolute atomic E-state index is 6.34. The lowest BCUT2D eigenvalue weighted by atomic mass is 9.91. The van der Waals surface area contributed by atoms with E-state index < -0.39 is 0 Å². The standard InChI is InChI=1S/C19H21N7O3/c1-19(21)5-7-26(8-6-19)17-14(18-25-22-9-27-18)23-13(16(20)24-17)11-3-2-4-12-15(11)29-10-28-12/h2-4,9H,5-8,10,21H2,1H3,(H2,20,24). The SMILES string of the molecule is CC1(N)CCN(c2nc(N)c(-c3cccc4c3OCO4)nc2-c2nnco2)CC1. The molecule has 29 heavy (non-hydrogen) atoms. The van der Waals surface area contributed by atoms with Crippen molar-refractivity contribution in [3.8, 4) is 34.3 Å². The molecule has 0 amide bonds. The molecule has 5 rings (SSSR count). The van der Waals surface area contributed by atoms with Gasteiger partial charge in [0.1, 0.15) is 5.69 Å². The Bertz CT molecular complexity index is 1040. The van der Waals surface area contributed by atoms with E-state index in [0.717, 1.165) is 25.9 Å². The number of anilines is 2. The highest BCUT2D eigenvalue weighted by Crippen LogP contribution is 2.43. The van der Waals surface area contributed by atoms with Crippen LogP contribution in [-0.4, -0.2) is 45.6 Å². The summed E-state index contributed by atoms with van der Waals surface area (Å²) in [5, 5.41) is 7.83. The molecule has 3 aromatic rings. The topological polar surface area (TPSA) is 138 Å². The fourth-order valence-electron chi connectivity index (χ4n) is 3.62. The summed E-state index contributed by atoms with van der Waals surface area (Å²) in [4.78, 5) is 11.6. The number of hydrogen-bond acceptors (Lipinski definition) is 10. The van der Waals surface area contributed by atoms with Crippen molar-refractivity contribution in [2.45, 2.75) is 25.3 Å². The molecule has 0 spiro atoms. The van der Waals surface area contributed by atoms with E-state index in [2.05, 4.69) is 27.0 Å². The molecule has 2 aliphatic heterocycles. The molecule has 10 heteroatoms. The number of para-hydroxylation sites is 1. The predicted molar refractivity (Wildman–Crippen MR) is 105 cm³/mol. The zero-order valence-corrected chi connectivity index (χ0v) is 16.0. The number of fused-ring (bicyclic) bond motifs is 1. The minimum Gasteiger partial charge on any atom is -0.454 e. The summed E-state index contributed by atoms with van der Waals surface area (Å²) < 4.78 is 16.5.